The average molecular weight is 348 g/mol. The van der Waals surface area contributed by atoms with E-state index in [9.17, 15) is 13.9 Å². The number of aliphatic hydroxyl groups is 1. The molecule has 2 aromatic rings. The molecule has 100 valence electrons. The summed E-state index contributed by atoms with van der Waals surface area (Å²) in [5, 5.41) is 10.6. The molecular weight excluding hydrogens is 338 g/mol. The summed E-state index contributed by atoms with van der Waals surface area (Å²) in [7, 11) is 0. The lowest BCUT2D eigenvalue weighted by Gasteiger charge is -2.16. The molecule has 0 saturated carbocycles. The van der Waals surface area contributed by atoms with Crippen LogP contribution in [0.25, 0.3) is 0 Å². The van der Waals surface area contributed by atoms with E-state index in [1.807, 2.05) is 0 Å². The maximum Gasteiger partial charge on any atom is 0.146 e. The topological polar surface area (TPSA) is 20.2 Å². The number of aliphatic hydroxyl groups excluding tert-OH is 1. The molecule has 0 bridgehead atoms. The van der Waals surface area contributed by atoms with E-state index in [-0.39, 0.29) is 10.0 Å². The van der Waals surface area contributed by atoms with Crippen LogP contribution in [0.3, 0.4) is 0 Å². The largest absolute Gasteiger partial charge is 0.383 e. The molecule has 0 heterocycles. The summed E-state index contributed by atoms with van der Waals surface area (Å²) >= 11 is 8.83. The van der Waals surface area contributed by atoms with Gasteiger partial charge < -0.3 is 5.11 Å². The van der Waals surface area contributed by atoms with Crippen molar-refractivity contribution in [2.75, 3.05) is 0 Å². The third-order valence-electron chi connectivity index (χ3n) is 2.89. The lowest BCUT2D eigenvalue weighted by atomic mass is 9.97. The van der Waals surface area contributed by atoms with Crippen LogP contribution in [0.4, 0.5) is 8.78 Å². The minimum Gasteiger partial charge on any atom is -0.383 e. The van der Waals surface area contributed by atoms with E-state index in [0.29, 0.717) is 16.1 Å². The van der Waals surface area contributed by atoms with Crippen LogP contribution < -0.4 is 0 Å². The zero-order valence-electron chi connectivity index (χ0n) is 9.92. The summed E-state index contributed by atoms with van der Waals surface area (Å²) in [5.74, 6) is -1.61. The van der Waals surface area contributed by atoms with Crippen molar-refractivity contribution in [1.29, 1.82) is 0 Å². The van der Waals surface area contributed by atoms with Gasteiger partial charge in [-0.15, -0.1) is 0 Å². The van der Waals surface area contributed by atoms with Crippen molar-refractivity contribution < 1.29 is 13.9 Å². The Morgan fingerprint density at radius 3 is 2.58 bits per heavy atom. The molecule has 1 N–H and O–H groups in total. The second kappa shape index (κ2) is 5.57. The first-order chi connectivity index (χ1) is 8.91. The SMILES string of the molecule is Cc1ccc(Cl)cc1C(O)c1c(F)ccc(Br)c1F. The highest BCUT2D eigenvalue weighted by Crippen LogP contribution is 2.33. The van der Waals surface area contributed by atoms with Crippen LogP contribution in [-0.4, -0.2) is 5.11 Å². The average Bonchev–Trinajstić information content (AvgIpc) is 2.37. The fraction of sp³-hybridized carbons (Fsp3) is 0.143. The van der Waals surface area contributed by atoms with Gasteiger partial charge in [0, 0.05) is 5.02 Å². The number of aryl methyl sites for hydroxylation is 1. The van der Waals surface area contributed by atoms with Crippen molar-refractivity contribution in [3.8, 4) is 0 Å². The van der Waals surface area contributed by atoms with E-state index in [2.05, 4.69) is 15.9 Å². The van der Waals surface area contributed by atoms with Crippen LogP contribution in [0.1, 0.15) is 22.8 Å². The number of halogens is 4. The highest BCUT2D eigenvalue weighted by molar-refractivity contribution is 9.10. The van der Waals surface area contributed by atoms with Gasteiger partial charge in [0.25, 0.3) is 0 Å². The molecule has 0 fully saturated rings. The first-order valence-electron chi connectivity index (χ1n) is 5.49. The first kappa shape index (κ1) is 14.4. The van der Waals surface area contributed by atoms with Crippen LogP contribution in [0.15, 0.2) is 34.8 Å². The molecule has 1 unspecified atom stereocenters. The van der Waals surface area contributed by atoms with Gasteiger partial charge >= 0.3 is 0 Å². The van der Waals surface area contributed by atoms with Crippen LogP contribution in [0.5, 0.6) is 0 Å². The molecule has 5 heteroatoms. The Hall–Kier alpha value is -0.970. The molecule has 1 atom stereocenters. The summed E-state index contributed by atoms with van der Waals surface area (Å²) in [4.78, 5) is 0. The quantitative estimate of drug-likeness (QED) is 0.776. The highest BCUT2D eigenvalue weighted by atomic mass is 79.9. The molecule has 0 aliphatic rings. The molecule has 0 spiro atoms. The standard InChI is InChI=1S/C14H10BrClF2O/c1-7-2-3-8(16)6-9(7)14(19)12-11(17)5-4-10(15)13(12)18/h2-6,14,19H,1H3. The van der Waals surface area contributed by atoms with E-state index in [1.54, 1.807) is 19.1 Å². The molecule has 0 aliphatic heterocycles. The van der Waals surface area contributed by atoms with E-state index < -0.39 is 17.7 Å². The minimum atomic E-state index is -1.41. The van der Waals surface area contributed by atoms with Crippen molar-refractivity contribution in [3.63, 3.8) is 0 Å². The lowest BCUT2D eigenvalue weighted by Crippen LogP contribution is -2.08. The Balaban J connectivity index is 2.59. The number of hydrogen-bond donors (Lipinski definition) is 1. The van der Waals surface area contributed by atoms with E-state index in [1.165, 1.54) is 12.1 Å². The molecule has 0 radical (unpaired) electrons. The Bertz CT molecular complexity index is 631. The Labute approximate surface area is 123 Å². The van der Waals surface area contributed by atoms with Gasteiger partial charge in [-0.05, 0) is 58.2 Å². The lowest BCUT2D eigenvalue weighted by molar-refractivity contribution is 0.208. The van der Waals surface area contributed by atoms with Gasteiger partial charge in [-0.3, -0.25) is 0 Å². The predicted molar refractivity (Wildman–Crippen MR) is 74.3 cm³/mol. The van der Waals surface area contributed by atoms with Gasteiger partial charge in [-0.2, -0.15) is 0 Å². The molecular formula is C14H10BrClF2O. The monoisotopic (exact) mass is 346 g/mol. The predicted octanol–water partition coefficient (Wildman–Crippen LogP) is 4.77. The third kappa shape index (κ3) is 2.81. The van der Waals surface area contributed by atoms with Crippen LogP contribution in [-0.2, 0) is 0 Å². The summed E-state index contributed by atoms with van der Waals surface area (Å²) in [6.45, 7) is 1.74. The van der Waals surface area contributed by atoms with Gasteiger partial charge in [0.15, 0.2) is 0 Å². The minimum absolute atomic E-state index is 0.0997. The summed E-state index contributed by atoms with van der Waals surface area (Å²) in [6, 6.07) is 7.20. The van der Waals surface area contributed by atoms with Crippen molar-refractivity contribution in [2.24, 2.45) is 0 Å². The Kier molecular flexibility index (Phi) is 4.23. The van der Waals surface area contributed by atoms with Gasteiger partial charge in [0.05, 0.1) is 10.0 Å². The van der Waals surface area contributed by atoms with Crippen LogP contribution in [0.2, 0.25) is 5.02 Å². The summed E-state index contributed by atoms with van der Waals surface area (Å²) < 4.78 is 27.8. The fourth-order valence-electron chi connectivity index (χ4n) is 1.85. The maximum absolute atomic E-state index is 14.0. The van der Waals surface area contributed by atoms with Crippen LogP contribution >= 0.6 is 27.5 Å². The second-order valence-corrected chi connectivity index (χ2v) is 5.45. The van der Waals surface area contributed by atoms with E-state index in [4.69, 9.17) is 11.6 Å². The zero-order valence-corrected chi connectivity index (χ0v) is 12.3. The van der Waals surface area contributed by atoms with E-state index >= 15 is 0 Å². The van der Waals surface area contributed by atoms with Gasteiger partial charge in [-0.1, -0.05) is 17.7 Å². The van der Waals surface area contributed by atoms with Gasteiger partial charge in [-0.25, -0.2) is 8.78 Å². The molecule has 2 aromatic carbocycles. The molecule has 0 amide bonds. The van der Waals surface area contributed by atoms with Crippen molar-refractivity contribution in [2.45, 2.75) is 13.0 Å². The molecule has 0 aromatic heterocycles. The maximum atomic E-state index is 14.0. The molecule has 0 saturated heterocycles. The van der Waals surface area contributed by atoms with E-state index in [0.717, 1.165) is 6.07 Å². The van der Waals surface area contributed by atoms with Gasteiger partial charge in [0.1, 0.15) is 17.7 Å². The van der Waals surface area contributed by atoms with Crippen molar-refractivity contribution in [3.05, 3.63) is 68.2 Å². The number of benzene rings is 2. The highest BCUT2D eigenvalue weighted by Gasteiger charge is 2.23. The zero-order chi connectivity index (χ0) is 14.2. The van der Waals surface area contributed by atoms with Crippen LogP contribution in [0, 0.1) is 18.6 Å². The number of hydrogen-bond acceptors (Lipinski definition) is 1. The fourth-order valence-corrected chi connectivity index (χ4v) is 2.38. The smallest absolute Gasteiger partial charge is 0.146 e. The van der Waals surface area contributed by atoms with Crippen molar-refractivity contribution in [1.82, 2.24) is 0 Å². The second-order valence-electron chi connectivity index (χ2n) is 4.16. The molecule has 19 heavy (non-hydrogen) atoms. The Morgan fingerprint density at radius 2 is 1.89 bits per heavy atom. The summed E-state index contributed by atoms with van der Waals surface area (Å²) in [5.41, 5.74) is 0.693. The summed E-state index contributed by atoms with van der Waals surface area (Å²) in [6.07, 6.45) is -1.41. The molecule has 2 rings (SSSR count). The number of rotatable bonds is 2. The first-order valence-corrected chi connectivity index (χ1v) is 6.66. The third-order valence-corrected chi connectivity index (χ3v) is 3.74. The Morgan fingerprint density at radius 1 is 1.21 bits per heavy atom. The normalized spacial score (nSPS) is 12.5. The molecule has 1 nitrogen and oxygen atoms in total. The van der Waals surface area contributed by atoms with Gasteiger partial charge in [0.2, 0.25) is 0 Å². The molecule has 0 aliphatic carbocycles. The van der Waals surface area contributed by atoms with Crippen molar-refractivity contribution >= 4 is 27.5 Å².